The molecule has 0 unspecified atom stereocenters. The monoisotopic (exact) mass is 323 g/mol. The predicted molar refractivity (Wildman–Crippen MR) is 82.1 cm³/mol. The number of nitro groups is 1. The minimum Gasteiger partial charge on any atom is -0.493 e. The first-order valence-electron chi connectivity index (χ1n) is 6.44. The number of nitrogens with zero attached hydrogens (tertiary/aromatic N) is 1. The molecule has 0 N–H and O–H groups in total. The second kappa shape index (κ2) is 7.51. The van der Waals surface area contributed by atoms with Gasteiger partial charge in [-0.25, -0.2) is 0 Å². The van der Waals surface area contributed by atoms with Gasteiger partial charge in [0.25, 0.3) is 5.69 Å². The zero-order chi connectivity index (χ0) is 15.9. The van der Waals surface area contributed by atoms with Crippen molar-refractivity contribution >= 4 is 17.3 Å². The molecule has 0 aliphatic carbocycles. The van der Waals surface area contributed by atoms with Gasteiger partial charge in [0.15, 0.2) is 11.5 Å². The molecule has 0 amide bonds. The summed E-state index contributed by atoms with van der Waals surface area (Å²) in [7, 11) is 1.47. The lowest BCUT2D eigenvalue weighted by molar-refractivity contribution is -0.385. The SMILES string of the molecule is COc1ccc([N+](=O)[O-])cc1OCCOc1ccccc1Cl. The topological polar surface area (TPSA) is 70.8 Å². The lowest BCUT2D eigenvalue weighted by Gasteiger charge is -2.11. The molecule has 0 aromatic heterocycles. The van der Waals surface area contributed by atoms with E-state index in [1.165, 1.54) is 25.3 Å². The molecule has 2 aromatic carbocycles. The Hall–Kier alpha value is -2.47. The number of hydrogen-bond donors (Lipinski definition) is 0. The molecule has 22 heavy (non-hydrogen) atoms. The number of ether oxygens (including phenoxy) is 3. The van der Waals surface area contributed by atoms with Crippen LogP contribution in [0.25, 0.3) is 0 Å². The summed E-state index contributed by atoms with van der Waals surface area (Å²) in [4.78, 5) is 10.3. The summed E-state index contributed by atoms with van der Waals surface area (Å²) in [5.41, 5.74) is -0.0668. The molecular formula is C15H14ClNO5. The summed E-state index contributed by atoms with van der Waals surface area (Å²) in [5, 5.41) is 11.3. The molecule has 0 saturated carbocycles. The highest BCUT2D eigenvalue weighted by Gasteiger charge is 2.12. The standard InChI is InChI=1S/C15H14ClNO5/c1-20-14-7-6-11(17(18)19)10-15(14)22-9-8-21-13-5-3-2-4-12(13)16/h2-7,10H,8-9H2,1H3. The van der Waals surface area contributed by atoms with Gasteiger partial charge in [0.05, 0.1) is 23.1 Å². The molecule has 0 radical (unpaired) electrons. The molecule has 0 bridgehead atoms. The number of non-ortho nitro benzene ring substituents is 1. The first kappa shape index (κ1) is 15.9. The van der Waals surface area contributed by atoms with Crippen LogP contribution in [0.15, 0.2) is 42.5 Å². The van der Waals surface area contributed by atoms with Crippen LogP contribution in [0.3, 0.4) is 0 Å². The van der Waals surface area contributed by atoms with Gasteiger partial charge in [-0.2, -0.15) is 0 Å². The van der Waals surface area contributed by atoms with E-state index in [1.807, 2.05) is 6.07 Å². The average Bonchev–Trinajstić information content (AvgIpc) is 2.52. The molecule has 116 valence electrons. The molecule has 0 spiro atoms. The van der Waals surface area contributed by atoms with Crippen molar-refractivity contribution in [2.24, 2.45) is 0 Å². The highest BCUT2D eigenvalue weighted by atomic mass is 35.5. The lowest BCUT2D eigenvalue weighted by Crippen LogP contribution is -2.10. The Labute approximate surface area is 132 Å². The van der Waals surface area contributed by atoms with E-state index < -0.39 is 4.92 Å². The third-order valence-corrected chi connectivity index (χ3v) is 3.11. The molecule has 0 aliphatic heterocycles. The maximum Gasteiger partial charge on any atom is 0.273 e. The Morgan fingerprint density at radius 3 is 2.36 bits per heavy atom. The quantitative estimate of drug-likeness (QED) is 0.441. The number of hydrogen-bond acceptors (Lipinski definition) is 5. The number of benzene rings is 2. The Morgan fingerprint density at radius 1 is 1.05 bits per heavy atom. The van der Waals surface area contributed by atoms with Gasteiger partial charge in [0.2, 0.25) is 0 Å². The molecule has 0 atom stereocenters. The van der Waals surface area contributed by atoms with Crippen molar-refractivity contribution in [2.45, 2.75) is 0 Å². The van der Waals surface area contributed by atoms with Gasteiger partial charge in [-0.05, 0) is 18.2 Å². The largest absolute Gasteiger partial charge is 0.493 e. The van der Waals surface area contributed by atoms with Crippen LogP contribution >= 0.6 is 11.6 Å². The summed E-state index contributed by atoms with van der Waals surface area (Å²) >= 11 is 5.96. The van der Waals surface area contributed by atoms with Gasteiger partial charge >= 0.3 is 0 Å². The van der Waals surface area contributed by atoms with Crippen molar-refractivity contribution in [1.29, 1.82) is 0 Å². The summed E-state index contributed by atoms with van der Waals surface area (Å²) in [6, 6.07) is 11.2. The number of methoxy groups -OCH3 is 1. The van der Waals surface area contributed by atoms with Crippen molar-refractivity contribution in [3.63, 3.8) is 0 Å². The van der Waals surface area contributed by atoms with Gasteiger partial charge in [-0.15, -0.1) is 0 Å². The smallest absolute Gasteiger partial charge is 0.273 e. The molecule has 0 aliphatic rings. The van der Waals surface area contributed by atoms with Crippen LogP contribution in [-0.2, 0) is 0 Å². The van der Waals surface area contributed by atoms with Crippen molar-refractivity contribution < 1.29 is 19.1 Å². The third-order valence-electron chi connectivity index (χ3n) is 2.79. The molecule has 0 heterocycles. The van der Waals surface area contributed by atoms with Crippen LogP contribution in [-0.4, -0.2) is 25.2 Å². The lowest BCUT2D eigenvalue weighted by atomic mass is 10.3. The fourth-order valence-electron chi connectivity index (χ4n) is 1.76. The zero-order valence-electron chi connectivity index (χ0n) is 11.8. The van der Waals surface area contributed by atoms with Gasteiger partial charge in [0.1, 0.15) is 19.0 Å². The van der Waals surface area contributed by atoms with E-state index in [1.54, 1.807) is 18.2 Å². The molecular weight excluding hydrogens is 310 g/mol. The third kappa shape index (κ3) is 4.02. The van der Waals surface area contributed by atoms with Gasteiger partial charge in [-0.1, -0.05) is 23.7 Å². The van der Waals surface area contributed by atoms with Gasteiger partial charge < -0.3 is 14.2 Å². The molecule has 2 rings (SSSR count). The van der Waals surface area contributed by atoms with Crippen molar-refractivity contribution in [3.8, 4) is 17.2 Å². The van der Waals surface area contributed by atoms with Crippen LogP contribution in [0.2, 0.25) is 5.02 Å². The summed E-state index contributed by atoms with van der Waals surface area (Å²) in [6.45, 7) is 0.443. The van der Waals surface area contributed by atoms with E-state index in [9.17, 15) is 10.1 Å². The van der Waals surface area contributed by atoms with Crippen LogP contribution in [0.1, 0.15) is 0 Å². The highest BCUT2D eigenvalue weighted by molar-refractivity contribution is 6.32. The number of halogens is 1. The van der Waals surface area contributed by atoms with Crippen LogP contribution < -0.4 is 14.2 Å². The Morgan fingerprint density at radius 2 is 1.73 bits per heavy atom. The normalized spacial score (nSPS) is 10.1. The highest BCUT2D eigenvalue weighted by Crippen LogP contribution is 2.31. The fraction of sp³-hybridized carbons (Fsp3) is 0.200. The predicted octanol–water partition coefficient (Wildman–Crippen LogP) is 3.71. The Balaban J connectivity index is 1.95. The van der Waals surface area contributed by atoms with Gasteiger partial charge in [0, 0.05) is 6.07 Å². The minimum absolute atomic E-state index is 0.0668. The van der Waals surface area contributed by atoms with Crippen LogP contribution in [0, 0.1) is 10.1 Å². The van der Waals surface area contributed by atoms with E-state index in [4.69, 9.17) is 25.8 Å². The fourth-order valence-corrected chi connectivity index (χ4v) is 1.95. The average molecular weight is 324 g/mol. The van der Waals surface area contributed by atoms with Crippen LogP contribution in [0.4, 0.5) is 5.69 Å². The Bertz CT molecular complexity index is 662. The first-order valence-corrected chi connectivity index (χ1v) is 6.82. The second-order valence-electron chi connectivity index (χ2n) is 4.22. The van der Waals surface area contributed by atoms with E-state index in [2.05, 4.69) is 0 Å². The number of rotatable bonds is 7. The maximum absolute atomic E-state index is 10.8. The van der Waals surface area contributed by atoms with E-state index in [0.29, 0.717) is 22.3 Å². The second-order valence-corrected chi connectivity index (χ2v) is 4.63. The van der Waals surface area contributed by atoms with Crippen molar-refractivity contribution in [3.05, 3.63) is 57.6 Å². The zero-order valence-corrected chi connectivity index (χ0v) is 12.6. The summed E-state index contributed by atoms with van der Waals surface area (Å²) in [5.74, 6) is 1.27. The molecule has 7 heteroatoms. The minimum atomic E-state index is -0.494. The van der Waals surface area contributed by atoms with Crippen molar-refractivity contribution in [2.75, 3.05) is 20.3 Å². The molecule has 6 nitrogen and oxygen atoms in total. The van der Waals surface area contributed by atoms with E-state index in [0.717, 1.165) is 0 Å². The van der Waals surface area contributed by atoms with E-state index >= 15 is 0 Å². The van der Waals surface area contributed by atoms with Gasteiger partial charge in [-0.3, -0.25) is 10.1 Å². The molecule has 0 saturated heterocycles. The maximum atomic E-state index is 10.8. The summed E-state index contributed by atoms with van der Waals surface area (Å²) in [6.07, 6.45) is 0. The van der Waals surface area contributed by atoms with Crippen LogP contribution in [0.5, 0.6) is 17.2 Å². The van der Waals surface area contributed by atoms with Crippen molar-refractivity contribution in [1.82, 2.24) is 0 Å². The molecule has 2 aromatic rings. The summed E-state index contributed by atoms with van der Waals surface area (Å²) < 4.78 is 16.1. The number of para-hydroxylation sites is 1. The Kier molecular flexibility index (Phi) is 5.43. The molecule has 0 fully saturated rings. The number of nitro benzene ring substituents is 1. The van der Waals surface area contributed by atoms with E-state index in [-0.39, 0.29) is 18.9 Å². The first-order chi connectivity index (χ1) is 10.6.